The van der Waals surface area contributed by atoms with Gasteiger partial charge < -0.3 is 14.4 Å². The second-order valence-electron chi connectivity index (χ2n) is 7.13. The molecule has 0 unspecified atom stereocenters. The highest BCUT2D eigenvalue weighted by atomic mass is 16.5. The summed E-state index contributed by atoms with van der Waals surface area (Å²) in [7, 11) is 0. The Balaban J connectivity index is 1.66. The Morgan fingerprint density at radius 3 is 1.78 bits per heavy atom. The van der Waals surface area contributed by atoms with Crippen LogP contribution < -0.4 is 0 Å². The molecule has 3 aromatic carbocycles. The third kappa shape index (κ3) is 6.54. The summed E-state index contributed by atoms with van der Waals surface area (Å²) in [5.74, 6) is -2.02. The van der Waals surface area contributed by atoms with Crippen molar-refractivity contribution in [3.63, 3.8) is 0 Å². The first kappa shape index (κ1) is 22.7. The van der Waals surface area contributed by atoms with Crippen molar-refractivity contribution in [3.8, 4) is 0 Å². The first-order valence-corrected chi connectivity index (χ1v) is 10.4. The maximum absolute atomic E-state index is 12.6. The van der Waals surface area contributed by atoms with Crippen LogP contribution in [0.3, 0.4) is 0 Å². The smallest absolute Gasteiger partial charge is 0.397 e. The van der Waals surface area contributed by atoms with Crippen LogP contribution in [0.25, 0.3) is 0 Å². The molecule has 0 bridgehead atoms. The number of amides is 1. The van der Waals surface area contributed by atoms with E-state index < -0.39 is 17.8 Å². The third-order valence-corrected chi connectivity index (χ3v) is 4.73. The summed E-state index contributed by atoms with van der Waals surface area (Å²) in [4.78, 5) is 38.4. The van der Waals surface area contributed by atoms with Crippen molar-refractivity contribution >= 4 is 17.8 Å². The molecule has 0 fully saturated rings. The first-order chi connectivity index (χ1) is 15.6. The van der Waals surface area contributed by atoms with Crippen LogP contribution in [-0.2, 0) is 38.8 Å². The van der Waals surface area contributed by atoms with Crippen molar-refractivity contribution in [3.05, 3.63) is 107 Å². The van der Waals surface area contributed by atoms with Gasteiger partial charge in [0, 0.05) is 13.1 Å². The minimum Gasteiger partial charge on any atom is -0.459 e. The van der Waals surface area contributed by atoms with E-state index in [-0.39, 0.29) is 26.3 Å². The van der Waals surface area contributed by atoms with Crippen molar-refractivity contribution in [1.82, 2.24) is 4.90 Å². The highest BCUT2D eigenvalue weighted by Gasteiger charge is 2.23. The number of nitrogens with zero attached hydrogens (tertiary/aromatic N) is 1. The van der Waals surface area contributed by atoms with Crippen LogP contribution in [0.5, 0.6) is 0 Å². The largest absolute Gasteiger partial charge is 0.459 e. The minimum absolute atomic E-state index is 0.129. The number of carbonyl (C=O) groups excluding carboxylic acids is 3. The van der Waals surface area contributed by atoms with E-state index in [0.717, 1.165) is 16.7 Å². The van der Waals surface area contributed by atoms with Gasteiger partial charge in [0.2, 0.25) is 0 Å². The molecular formula is C26H25NO5. The summed E-state index contributed by atoms with van der Waals surface area (Å²) in [6, 6.07) is 25.6. The van der Waals surface area contributed by atoms with E-state index in [4.69, 9.17) is 9.47 Å². The van der Waals surface area contributed by atoms with Crippen molar-refractivity contribution in [2.45, 2.75) is 26.6 Å². The van der Waals surface area contributed by atoms with Crippen molar-refractivity contribution < 1.29 is 23.9 Å². The van der Waals surface area contributed by atoms with E-state index in [1.807, 2.05) is 60.7 Å². The molecule has 3 rings (SSSR count). The molecule has 0 aliphatic heterocycles. The van der Waals surface area contributed by atoms with Crippen LogP contribution in [0.15, 0.2) is 84.9 Å². The van der Waals surface area contributed by atoms with Gasteiger partial charge in [0.25, 0.3) is 0 Å². The normalized spacial score (nSPS) is 10.3. The molecule has 0 aromatic heterocycles. The molecule has 6 heteroatoms. The lowest BCUT2D eigenvalue weighted by Gasteiger charge is -2.22. The zero-order valence-corrected chi connectivity index (χ0v) is 17.9. The Hall–Kier alpha value is -3.93. The predicted octanol–water partition coefficient (Wildman–Crippen LogP) is 4.14. The molecule has 0 aliphatic rings. The fraction of sp³-hybridized carbons (Fsp3) is 0.192. The predicted molar refractivity (Wildman–Crippen MR) is 119 cm³/mol. The van der Waals surface area contributed by atoms with E-state index in [9.17, 15) is 14.4 Å². The molecule has 0 radical (unpaired) electrons. The maximum Gasteiger partial charge on any atom is 0.397 e. The van der Waals surface area contributed by atoms with Gasteiger partial charge in [-0.05, 0) is 35.7 Å². The molecular weight excluding hydrogens is 406 g/mol. The summed E-state index contributed by atoms with van der Waals surface area (Å²) < 4.78 is 10.2. The lowest BCUT2D eigenvalue weighted by Crippen LogP contribution is -2.36. The zero-order chi connectivity index (χ0) is 22.8. The van der Waals surface area contributed by atoms with Crippen LogP contribution in [0.1, 0.15) is 34.0 Å². The second-order valence-corrected chi connectivity index (χ2v) is 7.13. The maximum atomic E-state index is 12.6. The summed E-state index contributed by atoms with van der Waals surface area (Å²) >= 11 is 0. The Bertz CT molecular complexity index is 1030. The quantitative estimate of drug-likeness (QED) is 0.396. The van der Waals surface area contributed by atoms with Crippen LogP contribution >= 0.6 is 0 Å². The number of hydrogen-bond acceptors (Lipinski definition) is 5. The molecule has 0 atom stereocenters. The topological polar surface area (TPSA) is 72.9 Å². The van der Waals surface area contributed by atoms with Crippen LogP contribution in [0.4, 0.5) is 0 Å². The van der Waals surface area contributed by atoms with Crippen molar-refractivity contribution in [2.24, 2.45) is 0 Å². The molecule has 0 spiro atoms. The molecule has 0 saturated carbocycles. The number of carbonyl (C=O) groups is 3. The molecule has 164 valence electrons. The van der Waals surface area contributed by atoms with Gasteiger partial charge in [0.15, 0.2) is 0 Å². The van der Waals surface area contributed by atoms with Crippen LogP contribution in [0, 0.1) is 0 Å². The molecule has 0 aliphatic carbocycles. The molecule has 6 nitrogen and oxygen atoms in total. The van der Waals surface area contributed by atoms with Crippen molar-refractivity contribution in [2.75, 3.05) is 6.61 Å². The summed E-state index contributed by atoms with van der Waals surface area (Å²) in [6.45, 7) is 2.44. The van der Waals surface area contributed by atoms with Gasteiger partial charge in [-0.2, -0.15) is 0 Å². The Labute approximate surface area is 187 Å². The summed E-state index contributed by atoms with van der Waals surface area (Å²) in [6.07, 6.45) is 0. The highest BCUT2D eigenvalue weighted by molar-refractivity contribution is 6.32. The minimum atomic E-state index is -0.885. The second kappa shape index (κ2) is 11.5. The van der Waals surface area contributed by atoms with E-state index in [1.54, 1.807) is 31.2 Å². The number of hydrogen-bond donors (Lipinski definition) is 0. The molecule has 32 heavy (non-hydrogen) atoms. The molecule has 0 N–H and O–H groups in total. The molecule has 1 amide bonds. The van der Waals surface area contributed by atoms with Crippen LogP contribution in [-0.4, -0.2) is 29.4 Å². The van der Waals surface area contributed by atoms with E-state index in [2.05, 4.69) is 0 Å². The third-order valence-electron chi connectivity index (χ3n) is 4.73. The Kier molecular flexibility index (Phi) is 8.15. The van der Waals surface area contributed by atoms with Gasteiger partial charge in [-0.3, -0.25) is 4.79 Å². The lowest BCUT2D eigenvalue weighted by molar-refractivity contribution is -0.160. The number of esters is 2. The first-order valence-electron chi connectivity index (χ1n) is 10.4. The average molecular weight is 431 g/mol. The Morgan fingerprint density at radius 1 is 0.688 bits per heavy atom. The number of rotatable bonds is 8. The average Bonchev–Trinajstić information content (AvgIpc) is 2.83. The Morgan fingerprint density at radius 2 is 1.22 bits per heavy atom. The van der Waals surface area contributed by atoms with E-state index >= 15 is 0 Å². The fourth-order valence-corrected chi connectivity index (χ4v) is 3.10. The van der Waals surface area contributed by atoms with Gasteiger partial charge in [0.1, 0.15) is 6.61 Å². The number of benzene rings is 3. The van der Waals surface area contributed by atoms with Gasteiger partial charge in [0.05, 0.1) is 12.2 Å². The van der Waals surface area contributed by atoms with Gasteiger partial charge in [-0.15, -0.1) is 0 Å². The highest BCUT2D eigenvalue weighted by Crippen LogP contribution is 2.14. The molecule has 0 heterocycles. The zero-order valence-electron chi connectivity index (χ0n) is 17.9. The van der Waals surface area contributed by atoms with Crippen LogP contribution in [0.2, 0.25) is 0 Å². The summed E-state index contributed by atoms with van der Waals surface area (Å²) in [5.41, 5.74) is 2.99. The molecule has 3 aromatic rings. The lowest BCUT2D eigenvalue weighted by atomic mass is 10.1. The SMILES string of the molecule is CCOC(=O)C(=O)N(Cc1ccccc1)Cc1ccc(C(=O)OCc2ccccc2)cc1. The monoisotopic (exact) mass is 431 g/mol. The summed E-state index contributed by atoms with van der Waals surface area (Å²) in [5, 5.41) is 0. The number of ether oxygens (including phenoxy) is 2. The standard InChI is InChI=1S/C26H25NO5/c1-2-31-26(30)24(28)27(17-20-9-5-3-6-10-20)18-21-13-15-23(16-14-21)25(29)32-19-22-11-7-4-8-12-22/h3-16H,2,17-19H2,1H3. The van der Waals surface area contributed by atoms with E-state index in [1.165, 1.54) is 4.90 Å². The van der Waals surface area contributed by atoms with E-state index in [0.29, 0.717) is 5.56 Å². The van der Waals surface area contributed by atoms with Gasteiger partial charge in [-0.1, -0.05) is 72.8 Å². The van der Waals surface area contributed by atoms with Crippen molar-refractivity contribution in [1.29, 1.82) is 0 Å². The van der Waals surface area contributed by atoms with Gasteiger partial charge >= 0.3 is 17.8 Å². The fourth-order valence-electron chi connectivity index (χ4n) is 3.10. The van der Waals surface area contributed by atoms with Gasteiger partial charge in [-0.25, -0.2) is 9.59 Å². The molecule has 0 saturated heterocycles.